The average Bonchev–Trinajstić information content (AvgIpc) is 3.31. The van der Waals surface area contributed by atoms with Crippen molar-refractivity contribution in [3.63, 3.8) is 0 Å². The molecule has 0 bridgehead atoms. The van der Waals surface area contributed by atoms with Gasteiger partial charge in [0.15, 0.2) is 11.6 Å². The van der Waals surface area contributed by atoms with Gasteiger partial charge in [0.2, 0.25) is 0 Å². The van der Waals surface area contributed by atoms with E-state index in [1.165, 1.54) is 11.3 Å². The zero-order chi connectivity index (χ0) is 21.8. The third-order valence-corrected chi connectivity index (χ3v) is 6.20. The van der Waals surface area contributed by atoms with E-state index in [0.29, 0.717) is 5.69 Å². The second-order valence-corrected chi connectivity index (χ2v) is 8.33. The summed E-state index contributed by atoms with van der Waals surface area (Å²) in [6.45, 7) is 0. The van der Waals surface area contributed by atoms with Gasteiger partial charge in [0.25, 0.3) is 5.91 Å². The molecule has 3 aromatic heterocycles. The first-order valence-corrected chi connectivity index (χ1v) is 11.0. The molecule has 0 radical (unpaired) electrons. The maximum atomic E-state index is 14.8. The van der Waals surface area contributed by atoms with Gasteiger partial charge in [-0.1, -0.05) is 12.8 Å². The summed E-state index contributed by atoms with van der Waals surface area (Å²) in [4.78, 5) is 24.8. The van der Waals surface area contributed by atoms with E-state index in [-0.39, 0.29) is 29.3 Å². The summed E-state index contributed by atoms with van der Waals surface area (Å²) in [5.41, 5.74) is 6.86. The molecule has 0 spiro atoms. The number of aromatic nitrogens is 3. The standard InChI is InChI=1S/C21H24FN7OS/c1-24-16-4-2-3-5-17(16)28-20-15(22)9-14(18(23)30)19(29-20)27-13-8-12(10-25-11-13)21-26-6-7-31-21/h6-11,16-17,24H,2-5H2,1H3,(H2,23,30)(H2,27,28,29). The summed E-state index contributed by atoms with van der Waals surface area (Å²) >= 11 is 1.49. The molecule has 1 aliphatic rings. The van der Waals surface area contributed by atoms with Gasteiger partial charge in [-0.05, 0) is 32.0 Å². The predicted octanol–water partition coefficient (Wildman–Crippen LogP) is 3.52. The Kier molecular flexibility index (Phi) is 6.38. The van der Waals surface area contributed by atoms with Crippen LogP contribution in [0.1, 0.15) is 36.0 Å². The molecule has 8 nitrogen and oxygen atoms in total. The van der Waals surface area contributed by atoms with E-state index in [1.807, 2.05) is 18.5 Å². The third kappa shape index (κ3) is 4.80. The predicted molar refractivity (Wildman–Crippen MR) is 120 cm³/mol. The van der Waals surface area contributed by atoms with Gasteiger partial charge in [0.1, 0.15) is 10.8 Å². The van der Waals surface area contributed by atoms with Crippen LogP contribution in [-0.4, -0.2) is 40.0 Å². The van der Waals surface area contributed by atoms with Crippen LogP contribution in [0.25, 0.3) is 10.6 Å². The number of nitrogens with one attached hydrogen (secondary N) is 3. The lowest BCUT2D eigenvalue weighted by Crippen LogP contribution is -2.45. The Balaban J connectivity index is 1.64. The summed E-state index contributed by atoms with van der Waals surface area (Å²) in [6, 6.07) is 3.23. The first kappa shape index (κ1) is 21.1. The SMILES string of the molecule is CNC1CCCCC1Nc1nc(Nc2cncc(-c3nccs3)c2)c(C(N)=O)cc1F. The fourth-order valence-corrected chi connectivity index (χ4v) is 4.45. The number of nitrogens with two attached hydrogens (primary N) is 1. The average molecular weight is 442 g/mol. The molecule has 0 aromatic carbocycles. The van der Waals surface area contributed by atoms with Gasteiger partial charge in [-0.25, -0.2) is 14.4 Å². The number of nitrogens with zero attached hydrogens (tertiary/aromatic N) is 3. The molecule has 3 aromatic rings. The monoisotopic (exact) mass is 441 g/mol. The van der Waals surface area contributed by atoms with Gasteiger partial charge in [-0.15, -0.1) is 11.3 Å². The van der Waals surface area contributed by atoms with Gasteiger partial charge in [0, 0.05) is 35.4 Å². The van der Waals surface area contributed by atoms with Crippen molar-refractivity contribution >= 4 is 34.6 Å². The third-order valence-electron chi connectivity index (χ3n) is 5.38. The van der Waals surface area contributed by atoms with E-state index in [2.05, 4.69) is 30.9 Å². The highest BCUT2D eigenvalue weighted by Crippen LogP contribution is 2.29. The zero-order valence-electron chi connectivity index (χ0n) is 17.1. The number of carbonyl (C=O) groups excluding carboxylic acids is 1. The Morgan fingerprint density at radius 3 is 2.71 bits per heavy atom. The molecular formula is C21H24FN7OS. The van der Waals surface area contributed by atoms with Crippen molar-refractivity contribution in [3.8, 4) is 10.6 Å². The first-order valence-electron chi connectivity index (χ1n) is 10.1. The lowest BCUT2D eigenvalue weighted by molar-refractivity contribution is 0.100. The lowest BCUT2D eigenvalue weighted by Gasteiger charge is -2.32. The summed E-state index contributed by atoms with van der Waals surface area (Å²) in [7, 11) is 1.90. The van der Waals surface area contributed by atoms with Crippen molar-refractivity contribution < 1.29 is 9.18 Å². The number of halogens is 1. The number of hydrogen-bond donors (Lipinski definition) is 4. The minimum Gasteiger partial charge on any atom is -0.365 e. The Morgan fingerprint density at radius 1 is 1.19 bits per heavy atom. The fourth-order valence-electron chi connectivity index (χ4n) is 3.83. The fraction of sp³-hybridized carbons (Fsp3) is 0.333. The largest absolute Gasteiger partial charge is 0.365 e. The van der Waals surface area contributed by atoms with Crippen LogP contribution in [0.4, 0.5) is 21.7 Å². The smallest absolute Gasteiger partial charge is 0.252 e. The molecule has 1 saturated carbocycles. The minimum absolute atomic E-state index is 0.0310. The Hall–Kier alpha value is -3.11. The summed E-state index contributed by atoms with van der Waals surface area (Å²) < 4.78 is 14.8. The van der Waals surface area contributed by atoms with Crippen LogP contribution in [0.3, 0.4) is 0 Å². The Labute approximate surface area is 183 Å². The van der Waals surface area contributed by atoms with Crippen molar-refractivity contribution in [3.05, 3.63) is 47.5 Å². The molecule has 162 valence electrons. The zero-order valence-corrected chi connectivity index (χ0v) is 17.9. The number of primary amides is 1. The van der Waals surface area contributed by atoms with Gasteiger partial charge >= 0.3 is 0 Å². The highest BCUT2D eigenvalue weighted by molar-refractivity contribution is 7.13. The van der Waals surface area contributed by atoms with E-state index in [1.54, 1.807) is 18.6 Å². The molecule has 2 atom stereocenters. The van der Waals surface area contributed by atoms with Crippen molar-refractivity contribution in [1.29, 1.82) is 0 Å². The van der Waals surface area contributed by atoms with Crippen LogP contribution >= 0.6 is 11.3 Å². The highest BCUT2D eigenvalue weighted by Gasteiger charge is 2.26. The number of anilines is 3. The van der Waals surface area contributed by atoms with Gasteiger partial charge in [-0.3, -0.25) is 9.78 Å². The second kappa shape index (κ2) is 9.36. The first-order chi connectivity index (χ1) is 15.0. The number of carbonyl (C=O) groups is 1. The van der Waals surface area contributed by atoms with Crippen LogP contribution in [0, 0.1) is 5.82 Å². The molecule has 3 heterocycles. The van der Waals surface area contributed by atoms with Crippen molar-refractivity contribution in [2.75, 3.05) is 17.7 Å². The van der Waals surface area contributed by atoms with Crippen LogP contribution in [0.2, 0.25) is 0 Å². The summed E-state index contributed by atoms with van der Waals surface area (Å²) in [6.07, 6.45) is 9.13. The van der Waals surface area contributed by atoms with Crippen molar-refractivity contribution in [1.82, 2.24) is 20.3 Å². The van der Waals surface area contributed by atoms with E-state index in [4.69, 9.17) is 5.73 Å². The molecule has 0 saturated heterocycles. The molecule has 31 heavy (non-hydrogen) atoms. The molecule has 2 unspecified atom stereocenters. The number of thiazole rings is 1. The van der Waals surface area contributed by atoms with E-state index in [9.17, 15) is 9.18 Å². The number of amides is 1. The van der Waals surface area contributed by atoms with Gasteiger partial charge in [0.05, 0.1) is 17.4 Å². The highest BCUT2D eigenvalue weighted by atomic mass is 32.1. The maximum absolute atomic E-state index is 14.8. The number of pyridine rings is 2. The van der Waals surface area contributed by atoms with E-state index in [0.717, 1.165) is 42.3 Å². The number of rotatable bonds is 7. The number of likely N-dealkylation sites (N-methyl/N-ethyl adjacent to an activating group) is 1. The van der Waals surface area contributed by atoms with Gasteiger partial charge in [-0.2, -0.15) is 0 Å². The van der Waals surface area contributed by atoms with Crippen molar-refractivity contribution in [2.45, 2.75) is 37.8 Å². The molecule has 4 rings (SSSR count). The summed E-state index contributed by atoms with van der Waals surface area (Å²) in [5, 5.41) is 12.3. The molecule has 0 aliphatic heterocycles. The maximum Gasteiger partial charge on any atom is 0.252 e. The number of hydrogen-bond acceptors (Lipinski definition) is 8. The van der Waals surface area contributed by atoms with Crippen molar-refractivity contribution in [2.24, 2.45) is 5.73 Å². The Bertz CT molecular complexity index is 1060. The van der Waals surface area contributed by atoms with Gasteiger partial charge < -0.3 is 21.7 Å². The molecule has 10 heteroatoms. The summed E-state index contributed by atoms with van der Waals surface area (Å²) in [5.74, 6) is -1.13. The molecule has 5 N–H and O–H groups in total. The Morgan fingerprint density at radius 2 is 2.00 bits per heavy atom. The van der Waals surface area contributed by atoms with E-state index >= 15 is 0 Å². The normalized spacial score (nSPS) is 18.5. The second-order valence-electron chi connectivity index (χ2n) is 7.43. The topological polar surface area (TPSA) is 118 Å². The molecular weight excluding hydrogens is 417 g/mol. The molecule has 1 aliphatic carbocycles. The van der Waals surface area contributed by atoms with Crippen LogP contribution < -0.4 is 21.7 Å². The molecule has 1 fully saturated rings. The van der Waals surface area contributed by atoms with Crippen LogP contribution in [0.15, 0.2) is 36.1 Å². The van der Waals surface area contributed by atoms with Crippen LogP contribution in [0.5, 0.6) is 0 Å². The molecule has 1 amide bonds. The minimum atomic E-state index is -0.768. The lowest BCUT2D eigenvalue weighted by atomic mass is 9.90. The van der Waals surface area contributed by atoms with E-state index < -0.39 is 11.7 Å². The quantitative estimate of drug-likeness (QED) is 0.443. The van der Waals surface area contributed by atoms with Crippen LogP contribution in [-0.2, 0) is 0 Å².